The predicted octanol–water partition coefficient (Wildman–Crippen LogP) is 0.901. The molecule has 0 bridgehead atoms. The molecule has 1 rings (SSSR count). The highest BCUT2D eigenvalue weighted by atomic mass is 16.3. The quantitative estimate of drug-likeness (QED) is 0.640. The zero-order chi connectivity index (χ0) is 9.14. The van der Waals surface area contributed by atoms with E-state index in [4.69, 9.17) is 10.2 Å². The highest BCUT2D eigenvalue weighted by Gasteiger charge is 2.04. The Balaban J connectivity index is 3.13. The summed E-state index contributed by atoms with van der Waals surface area (Å²) < 4.78 is 0. The van der Waals surface area contributed by atoms with Crippen molar-refractivity contribution in [3.63, 3.8) is 0 Å². The summed E-state index contributed by atoms with van der Waals surface area (Å²) in [7, 11) is 0. The molecule has 1 aromatic carbocycles. The minimum absolute atomic E-state index is 0.0116. The molecule has 0 saturated heterocycles. The fourth-order valence-corrected chi connectivity index (χ4v) is 0.886. The van der Waals surface area contributed by atoms with Crippen LogP contribution in [0.2, 0.25) is 0 Å². The minimum Gasteiger partial charge on any atom is -0.508 e. The van der Waals surface area contributed by atoms with Gasteiger partial charge in [-0.3, -0.25) is 4.79 Å². The molecule has 0 amide bonds. The van der Waals surface area contributed by atoms with Gasteiger partial charge in [0.25, 0.3) is 0 Å². The lowest BCUT2D eigenvalue weighted by Gasteiger charge is -2.01. The van der Waals surface area contributed by atoms with E-state index in [1.54, 1.807) is 0 Å². The van der Waals surface area contributed by atoms with Crippen molar-refractivity contribution in [1.82, 2.24) is 0 Å². The number of rotatable bonds is 2. The van der Waals surface area contributed by atoms with Crippen molar-refractivity contribution in [3.05, 3.63) is 36.2 Å². The van der Waals surface area contributed by atoms with Crippen LogP contribution in [0.25, 0.3) is 0 Å². The third-order valence-electron chi connectivity index (χ3n) is 1.57. The molecule has 0 aromatic heterocycles. The Hall–Kier alpha value is -1.35. The van der Waals surface area contributed by atoms with E-state index in [9.17, 15) is 4.79 Å². The lowest BCUT2D eigenvalue weighted by Crippen LogP contribution is -1.94. The van der Waals surface area contributed by atoms with Crippen molar-refractivity contribution >= 4 is 5.78 Å². The average molecular weight is 165 g/mol. The molecule has 0 heterocycles. The molecule has 0 unspecified atom stereocenters. The fraction of sp³-hybridized carbons (Fsp3) is 0.111. The van der Waals surface area contributed by atoms with Gasteiger partial charge in [0.15, 0.2) is 5.78 Å². The first kappa shape index (κ1) is 8.74. The Labute approximate surface area is 70.3 Å². The van der Waals surface area contributed by atoms with Gasteiger partial charge in [0.1, 0.15) is 5.75 Å². The number of aliphatic hydroxyl groups excluding tert-OH is 1. The Morgan fingerprint density at radius 3 is 2.67 bits per heavy atom. The first-order chi connectivity index (χ1) is 5.65. The molecule has 0 fully saturated rings. The van der Waals surface area contributed by atoms with E-state index >= 15 is 0 Å². The number of hydrogen-bond acceptors (Lipinski definition) is 3. The zero-order valence-corrected chi connectivity index (χ0v) is 6.45. The maximum absolute atomic E-state index is 10.8. The van der Waals surface area contributed by atoms with Crippen molar-refractivity contribution in [2.24, 2.45) is 0 Å². The monoisotopic (exact) mass is 165 g/mol. The van der Waals surface area contributed by atoms with Crippen LogP contribution in [0.3, 0.4) is 0 Å². The van der Waals surface area contributed by atoms with E-state index in [1.807, 2.05) is 0 Å². The van der Waals surface area contributed by atoms with Crippen LogP contribution in [-0.2, 0) is 6.61 Å². The second-order valence-electron chi connectivity index (χ2n) is 2.42. The SMILES string of the molecule is [CH2]C(=O)c1ccc(O)c(CO)c1. The zero-order valence-electron chi connectivity index (χ0n) is 6.45. The van der Waals surface area contributed by atoms with E-state index < -0.39 is 0 Å². The summed E-state index contributed by atoms with van der Waals surface area (Å²) in [4.78, 5) is 10.8. The van der Waals surface area contributed by atoms with E-state index in [2.05, 4.69) is 6.92 Å². The summed E-state index contributed by atoms with van der Waals surface area (Å²) in [6.45, 7) is 2.93. The Kier molecular flexibility index (Phi) is 2.45. The number of aromatic hydroxyl groups is 1. The van der Waals surface area contributed by atoms with Crippen molar-refractivity contribution < 1.29 is 15.0 Å². The second kappa shape index (κ2) is 3.36. The van der Waals surface area contributed by atoms with Crippen LogP contribution in [0.5, 0.6) is 5.75 Å². The van der Waals surface area contributed by atoms with Crippen molar-refractivity contribution in [2.45, 2.75) is 6.61 Å². The second-order valence-corrected chi connectivity index (χ2v) is 2.42. The normalized spacial score (nSPS) is 9.83. The molecule has 0 aliphatic rings. The molecule has 0 aliphatic carbocycles. The summed E-state index contributed by atoms with van der Waals surface area (Å²) in [5.74, 6) is -0.341. The largest absolute Gasteiger partial charge is 0.508 e. The van der Waals surface area contributed by atoms with Gasteiger partial charge in [-0.2, -0.15) is 0 Å². The molecule has 3 heteroatoms. The van der Waals surface area contributed by atoms with Gasteiger partial charge in [0.2, 0.25) is 0 Å². The van der Waals surface area contributed by atoms with Crippen LogP contribution in [0.15, 0.2) is 18.2 Å². The summed E-state index contributed by atoms with van der Waals surface area (Å²) in [5.41, 5.74) is 0.723. The topological polar surface area (TPSA) is 57.5 Å². The summed E-state index contributed by atoms with van der Waals surface area (Å²) in [5, 5.41) is 17.9. The number of hydrogen-bond donors (Lipinski definition) is 2. The molecule has 0 atom stereocenters. The van der Waals surface area contributed by atoms with Gasteiger partial charge in [-0.05, 0) is 18.2 Å². The molecule has 12 heavy (non-hydrogen) atoms. The highest BCUT2D eigenvalue weighted by Crippen LogP contribution is 2.18. The van der Waals surface area contributed by atoms with E-state index in [0.717, 1.165) is 0 Å². The predicted molar refractivity (Wildman–Crippen MR) is 43.7 cm³/mol. The van der Waals surface area contributed by atoms with E-state index in [1.165, 1.54) is 18.2 Å². The van der Waals surface area contributed by atoms with Crippen molar-refractivity contribution in [3.8, 4) is 5.75 Å². The first-order valence-corrected chi connectivity index (χ1v) is 3.44. The minimum atomic E-state index is -0.329. The number of ketones is 1. The first-order valence-electron chi connectivity index (χ1n) is 3.44. The van der Waals surface area contributed by atoms with Gasteiger partial charge in [-0.1, -0.05) is 0 Å². The third-order valence-corrected chi connectivity index (χ3v) is 1.57. The van der Waals surface area contributed by atoms with Crippen LogP contribution >= 0.6 is 0 Å². The molecule has 2 N–H and O–H groups in total. The lowest BCUT2D eigenvalue weighted by molar-refractivity contribution is 0.104. The molecule has 3 nitrogen and oxygen atoms in total. The van der Waals surface area contributed by atoms with Crippen molar-refractivity contribution in [1.29, 1.82) is 0 Å². The molecule has 1 aromatic rings. The highest BCUT2D eigenvalue weighted by molar-refractivity contribution is 5.99. The number of benzene rings is 1. The van der Waals surface area contributed by atoms with Gasteiger partial charge in [0, 0.05) is 18.1 Å². The van der Waals surface area contributed by atoms with Crippen LogP contribution < -0.4 is 0 Å². The van der Waals surface area contributed by atoms with Gasteiger partial charge in [-0.25, -0.2) is 0 Å². The van der Waals surface area contributed by atoms with Crippen molar-refractivity contribution in [2.75, 3.05) is 0 Å². The Morgan fingerprint density at radius 2 is 2.17 bits per heavy atom. The molecule has 63 valence electrons. The molecular formula is C9H9O3. The van der Waals surface area contributed by atoms with Crippen LogP contribution in [0, 0.1) is 6.92 Å². The number of carbonyl (C=O) groups is 1. The molecule has 0 aliphatic heterocycles. The van der Waals surface area contributed by atoms with E-state index in [0.29, 0.717) is 11.1 Å². The third kappa shape index (κ3) is 1.62. The number of carbonyl (C=O) groups excluding carboxylic acids is 1. The molecule has 1 radical (unpaired) electrons. The summed E-state index contributed by atoms with van der Waals surface area (Å²) >= 11 is 0. The van der Waals surface area contributed by atoms with Gasteiger partial charge >= 0.3 is 0 Å². The molecule has 0 saturated carbocycles. The Morgan fingerprint density at radius 1 is 1.50 bits per heavy atom. The number of aliphatic hydroxyl groups is 1. The maximum atomic E-state index is 10.8. The summed E-state index contributed by atoms with van der Waals surface area (Å²) in [6, 6.07) is 4.25. The Bertz CT molecular complexity index is 305. The van der Waals surface area contributed by atoms with Crippen LogP contribution in [0.4, 0.5) is 0 Å². The molecule has 0 spiro atoms. The van der Waals surface area contributed by atoms with E-state index in [-0.39, 0.29) is 18.1 Å². The summed E-state index contributed by atoms with van der Waals surface area (Å²) in [6.07, 6.45) is 0. The van der Waals surface area contributed by atoms with Crippen LogP contribution in [-0.4, -0.2) is 16.0 Å². The van der Waals surface area contributed by atoms with Gasteiger partial charge in [0.05, 0.1) is 6.61 Å². The van der Waals surface area contributed by atoms with Gasteiger partial charge in [-0.15, -0.1) is 0 Å². The number of Topliss-reactive ketones (excluding diaryl/α,β-unsaturated/α-hetero) is 1. The number of phenols is 1. The van der Waals surface area contributed by atoms with Crippen LogP contribution in [0.1, 0.15) is 15.9 Å². The average Bonchev–Trinajstić information content (AvgIpc) is 2.05. The maximum Gasteiger partial charge on any atom is 0.163 e. The smallest absolute Gasteiger partial charge is 0.163 e. The molecular weight excluding hydrogens is 156 g/mol. The fourth-order valence-electron chi connectivity index (χ4n) is 0.886. The lowest BCUT2D eigenvalue weighted by atomic mass is 10.1. The standard InChI is InChI=1S/C9H9O3/c1-6(11)7-2-3-9(12)8(4-7)5-10/h2-4,10,12H,1,5H2. The van der Waals surface area contributed by atoms with Gasteiger partial charge < -0.3 is 10.2 Å².